The van der Waals surface area contributed by atoms with E-state index < -0.39 is 0 Å². The van der Waals surface area contributed by atoms with Gasteiger partial charge in [-0.3, -0.25) is 4.57 Å². The van der Waals surface area contributed by atoms with Crippen LogP contribution < -0.4 is 0 Å². The molecule has 0 saturated heterocycles. The number of hydrogen-bond acceptors (Lipinski definition) is 4. The molecule has 0 aliphatic rings. The molecule has 4 nitrogen and oxygen atoms in total. The number of furan rings is 1. The maximum Gasteiger partial charge on any atom is 0.205 e. The Balaban J connectivity index is 1.54. The van der Waals surface area contributed by atoms with Gasteiger partial charge in [0.1, 0.15) is 0 Å². The largest absolute Gasteiger partial charge is 0.461 e. The second-order valence-corrected chi connectivity index (χ2v) is 7.90. The van der Waals surface area contributed by atoms with Crippen molar-refractivity contribution in [2.24, 2.45) is 0 Å². The Morgan fingerprint density at radius 2 is 1.69 bits per heavy atom. The minimum absolute atomic E-state index is 0.665. The molecule has 5 aromatic rings. The predicted molar refractivity (Wildman–Crippen MR) is 118 cm³/mol. The molecule has 0 aliphatic heterocycles. The molecule has 0 spiro atoms. The average molecular weight is 418 g/mol. The molecule has 0 bridgehead atoms. The molecule has 3 aromatic carbocycles. The molecule has 0 unspecified atom stereocenters. The van der Waals surface area contributed by atoms with Crippen molar-refractivity contribution in [3.8, 4) is 17.3 Å². The molecule has 2 heterocycles. The highest BCUT2D eigenvalue weighted by Crippen LogP contribution is 2.32. The van der Waals surface area contributed by atoms with Gasteiger partial charge in [0.2, 0.25) is 5.82 Å². The first kappa shape index (κ1) is 18.0. The van der Waals surface area contributed by atoms with E-state index in [4.69, 9.17) is 16.0 Å². The Bertz CT molecular complexity index is 1260. The standard InChI is InChI=1S/C23H16ClN3OS/c24-18-10-12-19(13-11-18)27-22(21-9-4-14-28-21)25-26-23(27)29-15-17-7-3-6-16-5-1-2-8-20(16)17/h1-14H,15H2. The molecule has 0 saturated carbocycles. The molecule has 0 N–H and O–H groups in total. The van der Waals surface area contributed by atoms with Crippen LogP contribution in [0, 0.1) is 0 Å². The van der Waals surface area contributed by atoms with Crippen molar-refractivity contribution in [2.75, 3.05) is 0 Å². The zero-order valence-corrected chi connectivity index (χ0v) is 16.9. The van der Waals surface area contributed by atoms with Gasteiger partial charge in [0.15, 0.2) is 10.9 Å². The fourth-order valence-electron chi connectivity index (χ4n) is 3.31. The van der Waals surface area contributed by atoms with Crippen molar-refractivity contribution in [3.05, 3.63) is 95.7 Å². The fraction of sp³-hybridized carbons (Fsp3) is 0.0435. The zero-order valence-electron chi connectivity index (χ0n) is 15.3. The monoisotopic (exact) mass is 417 g/mol. The van der Waals surface area contributed by atoms with Crippen molar-refractivity contribution in [2.45, 2.75) is 10.9 Å². The van der Waals surface area contributed by atoms with Gasteiger partial charge in [-0.25, -0.2) is 0 Å². The van der Waals surface area contributed by atoms with Crippen LogP contribution in [0.4, 0.5) is 0 Å². The SMILES string of the molecule is Clc1ccc(-n2c(SCc3cccc4ccccc34)nnc2-c2ccco2)cc1. The lowest BCUT2D eigenvalue weighted by molar-refractivity contribution is 0.575. The highest BCUT2D eigenvalue weighted by molar-refractivity contribution is 7.98. The summed E-state index contributed by atoms with van der Waals surface area (Å²) in [6.07, 6.45) is 1.64. The molecular weight excluding hydrogens is 402 g/mol. The number of thioether (sulfide) groups is 1. The van der Waals surface area contributed by atoms with E-state index in [0.717, 1.165) is 16.6 Å². The van der Waals surface area contributed by atoms with Gasteiger partial charge in [0, 0.05) is 16.5 Å². The molecule has 0 amide bonds. The van der Waals surface area contributed by atoms with Crippen molar-refractivity contribution in [1.82, 2.24) is 14.8 Å². The van der Waals surface area contributed by atoms with Crippen LogP contribution in [0.1, 0.15) is 5.56 Å². The first-order valence-electron chi connectivity index (χ1n) is 9.14. The van der Waals surface area contributed by atoms with E-state index in [0.29, 0.717) is 16.6 Å². The molecule has 29 heavy (non-hydrogen) atoms. The average Bonchev–Trinajstić information content (AvgIpc) is 3.42. The molecule has 0 atom stereocenters. The van der Waals surface area contributed by atoms with Gasteiger partial charge in [-0.15, -0.1) is 10.2 Å². The Kier molecular flexibility index (Phi) is 4.84. The minimum atomic E-state index is 0.665. The van der Waals surface area contributed by atoms with E-state index in [9.17, 15) is 0 Å². The van der Waals surface area contributed by atoms with E-state index in [-0.39, 0.29) is 0 Å². The number of nitrogens with zero attached hydrogens (tertiary/aromatic N) is 3. The van der Waals surface area contributed by atoms with Crippen LogP contribution in [0.5, 0.6) is 0 Å². The second kappa shape index (κ2) is 7.78. The van der Waals surface area contributed by atoms with Crippen LogP contribution >= 0.6 is 23.4 Å². The van der Waals surface area contributed by atoms with Crippen LogP contribution in [-0.4, -0.2) is 14.8 Å². The van der Waals surface area contributed by atoms with Gasteiger partial charge >= 0.3 is 0 Å². The molecule has 0 radical (unpaired) electrons. The number of benzene rings is 3. The summed E-state index contributed by atoms with van der Waals surface area (Å²) >= 11 is 7.73. The lowest BCUT2D eigenvalue weighted by atomic mass is 10.1. The van der Waals surface area contributed by atoms with Crippen LogP contribution in [0.25, 0.3) is 28.0 Å². The Labute approximate surface area is 177 Å². The highest BCUT2D eigenvalue weighted by atomic mass is 35.5. The number of fused-ring (bicyclic) bond motifs is 1. The quantitative estimate of drug-likeness (QED) is 0.301. The van der Waals surface area contributed by atoms with Gasteiger partial charge < -0.3 is 4.42 Å². The third kappa shape index (κ3) is 3.55. The molecule has 6 heteroatoms. The van der Waals surface area contributed by atoms with Crippen molar-refractivity contribution in [3.63, 3.8) is 0 Å². The third-order valence-corrected chi connectivity index (χ3v) is 5.93. The highest BCUT2D eigenvalue weighted by Gasteiger charge is 2.18. The Hall–Kier alpha value is -3.02. The Morgan fingerprint density at radius 1 is 0.862 bits per heavy atom. The van der Waals surface area contributed by atoms with Crippen LogP contribution in [0.2, 0.25) is 5.02 Å². The molecule has 142 valence electrons. The van der Waals surface area contributed by atoms with Gasteiger partial charge in [-0.05, 0) is 52.7 Å². The molecule has 0 aliphatic carbocycles. The van der Waals surface area contributed by atoms with Crippen LogP contribution in [0.3, 0.4) is 0 Å². The van der Waals surface area contributed by atoms with E-state index in [1.54, 1.807) is 18.0 Å². The fourth-order valence-corrected chi connectivity index (χ4v) is 4.39. The van der Waals surface area contributed by atoms with Crippen molar-refractivity contribution in [1.29, 1.82) is 0 Å². The molecule has 5 rings (SSSR count). The van der Waals surface area contributed by atoms with E-state index in [1.165, 1.54) is 16.3 Å². The summed E-state index contributed by atoms with van der Waals surface area (Å²) in [5, 5.41) is 12.8. The third-order valence-electron chi connectivity index (χ3n) is 4.70. The van der Waals surface area contributed by atoms with E-state index in [2.05, 4.69) is 52.7 Å². The summed E-state index contributed by atoms with van der Waals surface area (Å²) in [6, 6.07) is 26.2. The van der Waals surface area contributed by atoms with Crippen molar-refractivity contribution < 1.29 is 4.42 Å². The summed E-state index contributed by atoms with van der Waals surface area (Å²) in [6.45, 7) is 0. The van der Waals surface area contributed by atoms with Crippen molar-refractivity contribution >= 4 is 34.1 Å². The number of rotatable bonds is 5. The minimum Gasteiger partial charge on any atom is -0.461 e. The van der Waals surface area contributed by atoms with E-state index in [1.807, 2.05) is 41.0 Å². The van der Waals surface area contributed by atoms with Gasteiger partial charge in [0.25, 0.3) is 0 Å². The summed E-state index contributed by atoms with van der Waals surface area (Å²) in [7, 11) is 0. The van der Waals surface area contributed by atoms with Crippen LogP contribution in [0.15, 0.2) is 94.7 Å². The van der Waals surface area contributed by atoms with Crippen LogP contribution in [-0.2, 0) is 5.75 Å². The maximum atomic E-state index is 6.08. The zero-order chi connectivity index (χ0) is 19.6. The summed E-state index contributed by atoms with van der Waals surface area (Å²) < 4.78 is 7.59. The van der Waals surface area contributed by atoms with Gasteiger partial charge in [-0.1, -0.05) is 65.8 Å². The van der Waals surface area contributed by atoms with Gasteiger partial charge in [-0.2, -0.15) is 0 Å². The lowest BCUT2D eigenvalue weighted by Gasteiger charge is -2.10. The lowest BCUT2D eigenvalue weighted by Crippen LogP contribution is -1.99. The first-order chi connectivity index (χ1) is 14.3. The smallest absolute Gasteiger partial charge is 0.205 e. The molecule has 0 fully saturated rings. The number of hydrogen-bond donors (Lipinski definition) is 0. The van der Waals surface area contributed by atoms with Gasteiger partial charge in [0.05, 0.1) is 6.26 Å². The molecule has 2 aromatic heterocycles. The number of halogens is 1. The Morgan fingerprint density at radius 3 is 2.52 bits per heavy atom. The normalized spacial score (nSPS) is 11.2. The molecular formula is C23H16ClN3OS. The van der Waals surface area contributed by atoms with E-state index >= 15 is 0 Å². The summed E-state index contributed by atoms with van der Waals surface area (Å²) in [5.41, 5.74) is 2.20. The maximum absolute atomic E-state index is 6.08. The topological polar surface area (TPSA) is 43.9 Å². The number of aromatic nitrogens is 3. The summed E-state index contributed by atoms with van der Waals surface area (Å²) in [5.74, 6) is 2.12. The first-order valence-corrected chi connectivity index (χ1v) is 10.5. The summed E-state index contributed by atoms with van der Waals surface area (Å²) in [4.78, 5) is 0. The predicted octanol–water partition coefficient (Wildman–Crippen LogP) is 6.63. The second-order valence-electron chi connectivity index (χ2n) is 6.52.